The molecule has 0 radical (unpaired) electrons. The van der Waals surface area contributed by atoms with Crippen molar-refractivity contribution >= 4 is 0 Å². The molecule has 1 saturated heterocycles. The summed E-state index contributed by atoms with van der Waals surface area (Å²) in [5, 5.41) is 17.9. The van der Waals surface area contributed by atoms with Gasteiger partial charge in [-0.2, -0.15) is 0 Å². The van der Waals surface area contributed by atoms with Gasteiger partial charge in [0.15, 0.2) is 0 Å². The van der Waals surface area contributed by atoms with Crippen LogP contribution >= 0.6 is 0 Å². The summed E-state index contributed by atoms with van der Waals surface area (Å²) in [6, 6.07) is 6.29. The maximum absolute atomic E-state index is 9.59. The summed E-state index contributed by atoms with van der Waals surface area (Å²) >= 11 is 0. The normalized spacial score (nSPS) is 23.1. The van der Waals surface area contributed by atoms with E-state index in [1.54, 1.807) is 6.20 Å². The van der Waals surface area contributed by atoms with Crippen molar-refractivity contribution < 1.29 is 14.6 Å². The molecule has 0 amide bonds. The molecule has 7 heteroatoms. The molecule has 1 aromatic carbocycles. The SMILES string of the molecule is CCOc1ccc(CN2CC[C@@H]3OCc4cnnn4[C@@H]3C2)cc1CO. The number of rotatable bonds is 5. The molecule has 1 N–H and O–H groups in total. The molecule has 7 nitrogen and oxygen atoms in total. The Kier molecular flexibility index (Phi) is 4.70. The second-order valence-electron chi connectivity index (χ2n) is 6.64. The number of likely N-dealkylation sites (tertiary alicyclic amines) is 1. The van der Waals surface area contributed by atoms with Crippen LogP contribution in [-0.4, -0.2) is 50.8 Å². The average Bonchev–Trinajstić information content (AvgIpc) is 3.12. The molecule has 2 aliphatic heterocycles. The fraction of sp³-hybridized carbons (Fsp3) is 0.556. The van der Waals surface area contributed by atoms with E-state index < -0.39 is 0 Å². The van der Waals surface area contributed by atoms with Crippen molar-refractivity contribution in [3.05, 3.63) is 41.2 Å². The van der Waals surface area contributed by atoms with Gasteiger partial charge in [-0.05, 0) is 31.0 Å². The van der Waals surface area contributed by atoms with E-state index in [1.807, 2.05) is 23.7 Å². The van der Waals surface area contributed by atoms with Gasteiger partial charge in [-0.15, -0.1) is 5.10 Å². The molecule has 2 atom stereocenters. The predicted octanol–water partition coefficient (Wildman–Crippen LogP) is 1.51. The summed E-state index contributed by atoms with van der Waals surface area (Å²) in [7, 11) is 0. The number of fused-ring (bicyclic) bond motifs is 3. The summed E-state index contributed by atoms with van der Waals surface area (Å²) in [5.41, 5.74) is 3.07. The Morgan fingerprint density at radius 2 is 2.32 bits per heavy atom. The Hall–Kier alpha value is -1.96. The van der Waals surface area contributed by atoms with Crippen molar-refractivity contribution in [2.24, 2.45) is 0 Å². The highest BCUT2D eigenvalue weighted by Gasteiger charge is 2.36. The van der Waals surface area contributed by atoms with Crippen LogP contribution in [0, 0.1) is 0 Å². The van der Waals surface area contributed by atoms with E-state index in [4.69, 9.17) is 9.47 Å². The van der Waals surface area contributed by atoms with Gasteiger partial charge in [0.1, 0.15) is 5.75 Å². The van der Waals surface area contributed by atoms with Crippen molar-refractivity contribution in [1.29, 1.82) is 0 Å². The minimum Gasteiger partial charge on any atom is -0.494 e. The van der Waals surface area contributed by atoms with Gasteiger partial charge in [0.2, 0.25) is 0 Å². The van der Waals surface area contributed by atoms with Crippen molar-refractivity contribution in [1.82, 2.24) is 19.9 Å². The van der Waals surface area contributed by atoms with E-state index in [-0.39, 0.29) is 18.8 Å². The highest BCUT2D eigenvalue weighted by atomic mass is 16.5. The maximum Gasteiger partial charge on any atom is 0.124 e. The van der Waals surface area contributed by atoms with E-state index in [1.165, 1.54) is 5.56 Å². The Balaban J connectivity index is 1.47. The number of ether oxygens (including phenoxy) is 2. The lowest BCUT2D eigenvalue weighted by atomic mass is 9.99. The zero-order chi connectivity index (χ0) is 17.2. The number of hydrogen-bond acceptors (Lipinski definition) is 6. The lowest BCUT2D eigenvalue weighted by Gasteiger charge is -2.41. The van der Waals surface area contributed by atoms with Crippen molar-refractivity contribution in [3.63, 3.8) is 0 Å². The fourth-order valence-corrected chi connectivity index (χ4v) is 3.80. The maximum atomic E-state index is 9.59. The van der Waals surface area contributed by atoms with Crippen LogP contribution < -0.4 is 4.74 Å². The fourth-order valence-electron chi connectivity index (χ4n) is 3.80. The van der Waals surface area contributed by atoms with Crippen LogP contribution in [0.25, 0.3) is 0 Å². The van der Waals surface area contributed by atoms with Crippen LogP contribution in [0.15, 0.2) is 24.4 Å². The van der Waals surface area contributed by atoms with E-state index in [2.05, 4.69) is 21.3 Å². The second kappa shape index (κ2) is 7.11. The van der Waals surface area contributed by atoms with Gasteiger partial charge in [-0.3, -0.25) is 4.90 Å². The summed E-state index contributed by atoms with van der Waals surface area (Å²) in [5.74, 6) is 0.764. The minimum absolute atomic E-state index is 0.00989. The van der Waals surface area contributed by atoms with Crippen LogP contribution in [0.4, 0.5) is 0 Å². The van der Waals surface area contributed by atoms with Crippen LogP contribution in [0.3, 0.4) is 0 Å². The Labute approximate surface area is 147 Å². The first-order chi connectivity index (χ1) is 12.3. The lowest BCUT2D eigenvalue weighted by molar-refractivity contribution is -0.0669. The first-order valence-corrected chi connectivity index (χ1v) is 8.87. The van der Waals surface area contributed by atoms with E-state index in [9.17, 15) is 5.11 Å². The van der Waals surface area contributed by atoms with Gasteiger partial charge in [0.25, 0.3) is 0 Å². The van der Waals surface area contributed by atoms with Gasteiger partial charge in [0.05, 0.1) is 43.9 Å². The zero-order valence-corrected chi connectivity index (χ0v) is 14.5. The molecule has 0 unspecified atom stereocenters. The quantitative estimate of drug-likeness (QED) is 0.886. The molecule has 0 aliphatic carbocycles. The van der Waals surface area contributed by atoms with Crippen LogP contribution in [0.2, 0.25) is 0 Å². The third kappa shape index (κ3) is 3.27. The summed E-state index contributed by atoms with van der Waals surface area (Å²) < 4.78 is 13.6. The second-order valence-corrected chi connectivity index (χ2v) is 6.64. The molecule has 1 fully saturated rings. The molecule has 25 heavy (non-hydrogen) atoms. The average molecular weight is 344 g/mol. The molecule has 2 aliphatic rings. The number of piperidine rings is 1. The van der Waals surface area contributed by atoms with Crippen molar-refractivity contribution in [2.45, 2.75) is 45.2 Å². The third-order valence-corrected chi connectivity index (χ3v) is 5.01. The molecular formula is C18H24N4O3. The van der Waals surface area contributed by atoms with Crippen molar-refractivity contribution in [2.75, 3.05) is 19.7 Å². The standard InChI is InChI=1S/C18H24N4O3/c1-2-24-17-4-3-13(7-14(17)11-23)9-21-6-5-18-16(10-21)22-15(12-25-18)8-19-20-22/h3-4,7-8,16,18,23H,2,5-6,9-12H2,1H3/t16-,18+/m1/s1. The van der Waals surface area contributed by atoms with Gasteiger partial charge >= 0.3 is 0 Å². The van der Waals surface area contributed by atoms with Gasteiger partial charge < -0.3 is 14.6 Å². The van der Waals surface area contributed by atoms with Crippen LogP contribution in [-0.2, 0) is 24.5 Å². The summed E-state index contributed by atoms with van der Waals surface area (Å²) in [6.07, 6.45) is 3.00. The predicted molar refractivity (Wildman–Crippen MR) is 91.1 cm³/mol. The van der Waals surface area contributed by atoms with Crippen LogP contribution in [0.5, 0.6) is 5.75 Å². The largest absolute Gasteiger partial charge is 0.494 e. The molecule has 2 aromatic rings. The van der Waals surface area contributed by atoms with Gasteiger partial charge in [0, 0.05) is 25.2 Å². The summed E-state index contributed by atoms with van der Waals surface area (Å²) in [4.78, 5) is 2.41. The lowest BCUT2D eigenvalue weighted by Crippen LogP contribution is -2.47. The molecule has 0 bridgehead atoms. The van der Waals surface area contributed by atoms with E-state index in [0.717, 1.165) is 43.1 Å². The van der Waals surface area contributed by atoms with Crippen molar-refractivity contribution in [3.8, 4) is 5.75 Å². The monoisotopic (exact) mass is 344 g/mol. The first-order valence-electron chi connectivity index (χ1n) is 8.87. The molecule has 1 aromatic heterocycles. The highest BCUT2D eigenvalue weighted by Crippen LogP contribution is 2.31. The summed E-state index contributed by atoms with van der Waals surface area (Å²) in [6.45, 7) is 5.87. The topological polar surface area (TPSA) is 72.6 Å². The molecule has 4 rings (SSSR count). The van der Waals surface area contributed by atoms with E-state index >= 15 is 0 Å². The number of benzene rings is 1. The number of nitrogens with zero attached hydrogens (tertiary/aromatic N) is 4. The van der Waals surface area contributed by atoms with E-state index in [0.29, 0.717) is 13.2 Å². The first kappa shape index (κ1) is 16.5. The molecule has 134 valence electrons. The smallest absolute Gasteiger partial charge is 0.124 e. The molecule has 3 heterocycles. The third-order valence-electron chi connectivity index (χ3n) is 5.01. The number of aliphatic hydroxyl groups excluding tert-OH is 1. The van der Waals surface area contributed by atoms with Crippen LogP contribution in [0.1, 0.15) is 36.2 Å². The molecular weight excluding hydrogens is 320 g/mol. The molecule has 0 saturated carbocycles. The Morgan fingerprint density at radius 1 is 1.40 bits per heavy atom. The highest BCUT2D eigenvalue weighted by molar-refractivity contribution is 5.37. The van der Waals surface area contributed by atoms with Gasteiger partial charge in [-0.1, -0.05) is 11.3 Å². The Bertz CT molecular complexity index is 733. The minimum atomic E-state index is -0.00989. The number of aliphatic hydroxyl groups is 1. The Morgan fingerprint density at radius 3 is 3.16 bits per heavy atom. The zero-order valence-electron chi connectivity index (χ0n) is 14.5. The van der Waals surface area contributed by atoms with Gasteiger partial charge in [-0.25, -0.2) is 4.68 Å². The molecule has 0 spiro atoms. The number of hydrogen-bond donors (Lipinski definition) is 1. The number of aromatic nitrogens is 3.